The van der Waals surface area contributed by atoms with E-state index in [9.17, 15) is 26.3 Å². The van der Waals surface area contributed by atoms with Gasteiger partial charge in [-0.1, -0.05) is 37.4 Å². The quantitative estimate of drug-likeness (QED) is 0.293. The minimum atomic E-state index is -5.08. The van der Waals surface area contributed by atoms with Crippen molar-refractivity contribution < 1.29 is 36.2 Å². The number of rotatable bonds is 5. The van der Waals surface area contributed by atoms with Gasteiger partial charge in [0.2, 0.25) is 0 Å². The van der Waals surface area contributed by atoms with Gasteiger partial charge < -0.3 is 15.7 Å². The van der Waals surface area contributed by atoms with Crippen molar-refractivity contribution in [2.24, 2.45) is 0 Å². The molecule has 2 fully saturated rings. The fraction of sp³-hybridized carbons (Fsp3) is 0.722. The highest BCUT2D eigenvalue weighted by Crippen LogP contribution is 2.41. The highest BCUT2D eigenvalue weighted by atomic mass is 32.2. The minimum Gasteiger partial charge on any atom is -0.475 e. The number of carbonyl (C=O) groups is 1. The van der Waals surface area contributed by atoms with Crippen LogP contribution in [0.25, 0.3) is 0 Å². The first kappa shape index (κ1) is 25.3. The van der Waals surface area contributed by atoms with E-state index < -0.39 is 23.9 Å². The Balaban J connectivity index is 0.000000423. The molecular weight excluding hydrogens is 450 g/mol. The predicted molar refractivity (Wildman–Crippen MR) is 104 cm³/mol. The smallest absolute Gasteiger partial charge is 0.475 e. The van der Waals surface area contributed by atoms with Gasteiger partial charge in [-0.05, 0) is 31.9 Å². The van der Waals surface area contributed by atoms with E-state index >= 15 is 0 Å². The van der Waals surface area contributed by atoms with Gasteiger partial charge in [-0.25, -0.2) is 14.8 Å². The van der Waals surface area contributed by atoms with Gasteiger partial charge in [-0.15, -0.1) is 0 Å². The number of nitrogens with one attached hydrogen (secondary N) is 2. The molecule has 0 unspecified atom stereocenters. The molecule has 0 bridgehead atoms. The van der Waals surface area contributed by atoms with Crippen LogP contribution in [0.3, 0.4) is 0 Å². The van der Waals surface area contributed by atoms with Gasteiger partial charge in [0.1, 0.15) is 17.2 Å². The van der Waals surface area contributed by atoms with Gasteiger partial charge in [-0.3, -0.25) is 0 Å². The molecule has 1 heterocycles. The molecule has 3 rings (SSSR count). The fourth-order valence-corrected chi connectivity index (χ4v) is 3.90. The van der Waals surface area contributed by atoms with Crippen LogP contribution >= 0.6 is 11.8 Å². The summed E-state index contributed by atoms with van der Waals surface area (Å²) < 4.78 is 72.9. The molecular formula is C18H24F6N4O2S. The van der Waals surface area contributed by atoms with Crippen molar-refractivity contribution in [3.63, 3.8) is 0 Å². The van der Waals surface area contributed by atoms with Gasteiger partial charge in [0.05, 0.1) is 0 Å². The van der Waals surface area contributed by atoms with Crippen LogP contribution in [-0.2, 0) is 11.0 Å². The van der Waals surface area contributed by atoms with E-state index in [-0.39, 0.29) is 23.7 Å². The molecule has 3 N–H and O–H groups in total. The van der Waals surface area contributed by atoms with Gasteiger partial charge >= 0.3 is 18.3 Å². The number of anilines is 2. The first-order valence-electron chi connectivity index (χ1n) is 9.78. The summed E-state index contributed by atoms with van der Waals surface area (Å²) in [7, 11) is 0. The summed E-state index contributed by atoms with van der Waals surface area (Å²) in [6.07, 6.45) is -0.0378. The van der Waals surface area contributed by atoms with Crippen LogP contribution in [0, 0.1) is 0 Å². The summed E-state index contributed by atoms with van der Waals surface area (Å²) in [6, 6.07) is 0.130. The lowest BCUT2D eigenvalue weighted by Crippen LogP contribution is -2.25. The standard InChI is InChI=1S/C16H23F3N4S.C2HF3O2/c1-24-15-22-13(20-10-6-2-3-7-10)12(16(17,18)19)14(23-15)21-11-8-4-5-9-11;3-2(4,5)1(6)7/h10-11H,2-9H2,1H3,(H2,20,21,22,23);(H,6,7). The molecule has 0 amide bonds. The predicted octanol–water partition coefficient (Wildman–Crippen LogP) is 5.56. The van der Waals surface area contributed by atoms with Crippen LogP contribution < -0.4 is 10.6 Å². The second-order valence-electron chi connectivity index (χ2n) is 7.33. The molecule has 1 aromatic heterocycles. The molecule has 0 aromatic carbocycles. The molecule has 6 nitrogen and oxygen atoms in total. The Morgan fingerprint density at radius 2 is 1.26 bits per heavy atom. The third kappa shape index (κ3) is 7.62. The summed E-state index contributed by atoms with van der Waals surface area (Å²) >= 11 is 1.26. The second kappa shape index (κ2) is 10.6. The van der Waals surface area contributed by atoms with E-state index in [2.05, 4.69) is 20.6 Å². The van der Waals surface area contributed by atoms with Crippen LogP contribution in [0.2, 0.25) is 0 Å². The summed E-state index contributed by atoms with van der Waals surface area (Å²) in [5, 5.41) is 13.6. The highest BCUT2D eigenvalue weighted by Gasteiger charge is 2.40. The van der Waals surface area contributed by atoms with E-state index in [0.29, 0.717) is 5.16 Å². The number of nitrogens with zero attached hydrogens (tertiary/aromatic N) is 2. The molecule has 2 saturated carbocycles. The van der Waals surface area contributed by atoms with Crippen molar-refractivity contribution in [2.45, 2.75) is 81.0 Å². The molecule has 2 aliphatic carbocycles. The van der Waals surface area contributed by atoms with Gasteiger partial charge in [0.25, 0.3) is 0 Å². The largest absolute Gasteiger partial charge is 0.490 e. The van der Waals surface area contributed by atoms with Crippen LogP contribution in [0.1, 0.15) is 56.9 Å². The first-order chi connectivity index (χ1) is 14.4. The lowest BCUT2D eigenvalue weighted by atomic mass is 10.2. The van der Waals surface area contributed by atoms with Crippen molar-refractivity contribution in [3.8, 4) is 0 Å². The molecule has 0 saturated heterocycles. The van der Waals surface area contributed by atoms with Gasteiger partial charge in [0.15, 0.2) is 5.16 Å². The number of thioether (sulfide) groups is 1. The van der Waals surface area contributed by atoms with Crippen LogP contribution in [0.5, 0.6) is 0 Å². The summed E-state index contributed by atoms with van der Waals surface area (Å²) in [4.78, 5) is 17.2. The number of alkyl halides is 6. The Bertz CT molecular complexity index is 709. The number of aliphatic carboxylic acids is 1. The average Bonchev–Trinajstić information content (AvgIpc) is 3.34. The summed E-state index contributed by atoms with van der Waals surface area (Å²) in [5.74, 6) is -2.91. The monoisotopic (exact) mass is 474 g/mol. The maximum atomic E-state index is 13.7. The van der Waals surface area contributed by atoms with Crippen molar-refractivity contribution in [1.29, 1.82) is 0 Å². The van der Waals surface area contributed by atoms with Gasteiger partial charge in [0, 0.05) is 12.1 Å². The molecule has 2 aliphatic rings. The summed E-state index contributed by atoms with van der Waals surface area (Å²) in [6.45, 7) is 0. The highest BCUT2D eigenvalue weighted by molar-refractivity contribution is 7.98. The number of carboxylic acids is 1. The Hall–Kier alpha value is -1.92. The molecule has 176 valence electrons. The zero-order valence-electron chi connectivity index (χ0n) is 16.7. The molecule has 0 aliphatic heterocycles. The Morgan fingerprint density at radius 1 is 0.903 bits per heavy atom. The van der Waals surface area contributed by atoms with Crippen molar-refractivity contribution in [1.82, 2.24) is 9.97 Å². The maximum absolute atomic E-state index is 13.7. The molecule has 31 heavy (non-hydrogen) atoms. The third-order valence-electron chi connectivity index (χ3n) is 4.99. The first-order valence-corrected chi connectivity index (χ1v) is 11.0. The van der Waals surface area contributed by atoms with E-state index in [4.69, 9.17) is 9.90 Å². The van der Waals surface area contributed by atoms with Crippen molar-refractivity contribution in [2.75, 3.05) is 16.9 Å². The topological polar surface area (TPSA) is 87.1 Å². The van der Waals surface area contributed by atoms with E-state index in [1.54, 1.807) is 6.26 Å². The molecule has 1 aromatic rings. The number of halogens is 6. The molecule has 0 spiro atoms. The number of hydrogen-bond donors (Lipinski definition) is 3. The van der Waals surface area contributed by atoms with E-state index in [1.807, 2.05) is 0 Å². The molecule has 0 radical (unpaired) electrons. The van der Waals surface area contributed by atoms with Crippen LogP contribution in [0.15, 0.2) is 5.16 Å². The number of aromatic nitrogens is 2. The second-order valence-corrected chi connectivity index (χ2v) is 8.11. The van der Waals surface area contributed by atoms with Crippen molar-refractivity contribution in [3.05, 3.63) is 5.56 Å². The maximum Gasteiger partial charge on any atom is 0.490 e. The Kier molecular flexibility index (Phi) is 8.66. The molecule has 13 heteroatoms. The SMILES string of the molecule is CSc1nc(NC2CCCC2)c(C(F)(F)F)c(NC2CCCC2)n1.O=C(O)C(F)(F)F. The Morgan fingerprint density at radius 3 is 1.52 bits per heavy atom. The van der Waals surface area contributed by atoms with Crippen LogP contribution in [0.4, 0.5) is 38.0 Å². The zero-order chi connectivity index (χ0) is 23.2. The normalized spacial score (nSPS) is 17.9. The van der Waals surface area contributed by atoms with Crippen molar-refractivity contribution >= 4 is 29.4 Å². The van der Waals surface area contributed by atoms with Crippen LogP contribution in [-0.4, -0.2) is 45.6 Å². The number of carboxylic acid groups (broad SMARTS) is 1. The molecule has 0 atom stereocenters. The van der Waals surface area contributed by atoms with E-state index in [1.165, 1.54) is 11.8 Å². The lowest BCUT2D eigenvalue weighted by molar-refractivity contribution is -0.192. The lowest BCUT2D eigenvalue weighted by Gasteiger charge is -2.22. The summed E-state index contributed by atoms with van der Waals surface area (Å²) in [5.41, 5.74) is -0.751. The minimum absolute atomic E-state index is 0.0648. The van der Waals surface area contributed by atoms with Gasteiger partial charge in [-0.2, -0.15) is 26.3 Å². The fourth-order valence-electron chi connectivity index (χ4n) is 3.54. The zero-order valence-corrected chi connectivity index (χ0v) is 17.6. The average molecular weight is 474 g/mol. The third-order valence-corrected chi connectivity index (χ3v) is 5.54. The van der Waals surface area contributed by atoms with E-state index in [0.717, 1.165) is 51.4 Å². The Labute approximate surface area is 179 Å². The number of hydrogen-bond acceptors (Lipinski definition) is 6.